The zero-order chi connectivity index (χ0) is 9.60. The predicted molar refractivity (Wildman–Crippen MR) is 55.7 cm³/mol. The molecule has 1 aromatic carbocycles. The van der Waals surface area contributed by atoms with E-state index in [1.54, 1.807) is 0 Å². The molecule has 0 N–H and O–H groups in total. The van der Waals surface area contributed by atoms with Gasteiger partial charge < -0.3 is 9.64 Å². The smallest absolute Gasteiger partial charge is 0.123 e. The molecule has 1 aromatic rings. The molecule has 0 bridgehead atoms. The van der Waals surface area contributed by atoms with Gasteiger partial charge in [0, 0.05) is 24.1 Å². The standard InChI is InChI=1S/C12H15NO/c1-13-8-12(9-13)6-7-14-11-5-3-2-4-10(11)12/h2-5H,6-9H2,1H3. The highest BCUT2D eigenvalue weighted by Crippen LogP contribution is 2.44. The highest BCUT2D eigenvalue weighted by atomic mass is 16.5. The molecule has 0 unspecified atom stereocenters. The Kier molecular flexibility index (Phi) is 1.62. The number of hydrogen-bond donors (Lipinski definition) is 0. The second kappa shape index (κ2) is 2.74. The normalized spacial score (nSPS) is 23.8. The van der Waals surface area contributed by atoms with Gasteiger partial charge in [-0.1, -0.05) is 18.2 Å². The molecule has 0 aromatic heterocycles. The van der Waals surface area contributed by atoms with E-state index in [1.807, 2.05) is 0 Å². The lowest BCUT2D eigenvalue weighted by molar-refractivity contribution is 0.0543. The molecular formula is C12H15NO. The van der Waals surface area contributed by atoms with Crippen LogP contribution in [-0.2, 0) is 5.41 Å². The van der Waals surface area contributed by atoms with Gasteiger partial charge in [-0.15, -0.1) is 0 Å². The predicted octanol–water partition coefficient (Wildman–Crippen LogP) is 1.65. The van der Waals surface area contributed by atoms with E-state index in [0.717, 1.165) is 12.4 Å². The summed E-state index contributed by atoms with van der Waals surface area (Å²) in [5, 5.41) is 0. The summed E-state index contributed by atoms with van der Waals surface area (Å²) in [4.78, 5) is 2.38. The Balaban J connectivity index is 2.04. The molecule has 0 radical (unpaired) electrons. The lowest BCUT2D eigenvalue weighted by Crippen LogP contribution is -2.59. The van der Waals surface area contributed by atoms with Crippen molar-refractivity contribution < 1.29 is 4.74 Å². The Hall–Kier alpha value is -1.02. The summed E-state index contributed by atoms with van der Waals surface area (Å²) in [5.74, 6) is 1.10. The highest BCUT2D eigenvalue weighted by Gasteiger charge is 2.45. The summed E-state index contributed by atoms with van der Waals surface area (Å²) < 4.78 is 5.67. The molecule has 74 valence electrons. The molecule has 1 fully saturated rings. The number of fused-ring (bicyclic) bond motifs is 2. The molecular weight excluding hydrogens is 174 g/mol. The second-order valence-electron chi connectivity index (χ2n) is 4.55. The summed E-state index contributed by atoms with van der Waals surface area (Å²) in [6.07, 6.45) is 1.17. The molecule has 3 rings (SSSR count). The Morgan fingerprint density at radius 2 is 2.07 bits per heavy atom. The van der Waals surface area contributed by atoms with Crippen LogP contribution in [0, 0.1) is 0 Å². The average molecular weight is 189 g/mol. The Bertz CT molecular complexity index is 355. The zero-order valence-electron chi connectivity index (χ0n) is 8.49. The fraction of sp³-hybridized carbons (Fsp3) is 0.500. The van der Waals surface area contributed by atoms with Crippen LogP contribution in [-0.4, -0.2) is 31.6 Å². The van der Waals surface area contributed by atoms with Gasteiger partial charge in [0.25, 0.3) is 0 Å². The molecule has 2 aliphatic heterocycles. The average Bonchev–Trinajstić information content (AvgIpc) is 2.16. The Labute approximate surface area is 84.5 Å². The van der Waals surface area contributed by atoms with Crippen LogP contribution in [0.4, 0.5) is 0 Å². The Morgan fingerprint density at radius 3 is 2.86 bits per heavy atom. The minimum atomic E-state index is 0.406. The first-order chi connectivity index (χ1) is 6.80. The molecule has 2 nitrogen and oxygen atoms in total. The minimum absolute atomic E-state index is 0.406. The summed E-state index contributed by atoms with van der Waals surface area (Å²) in [5.41, 5.74) is 1.83. The van der Waals surface area contributed by atoms with Gasteiger partial charge in [-0.3, -0.25) is 0 Å². The van der Waals surface area contributed by atoms with Crippen molar-refractivity contribution in [3.8, 4) is 5.75 Å². The topological polar surface area (TPSA) is 12.5 Å². The summed E-state index contributed by atoms with van der Waals surface area (Å²) >= 11 is 0. The van der Waals surface area contributed by atoms with Crippen LogP contribution in [0.25, 0.3) is 0 Å². The van der Waals surface area contributed by atoms with Gasteiger partial charge in [-0.2, -0.15) is 0 Å². The molecule has 0 atom stereocenters. The van der Waals surface area contributed by atoms with Gasteiger partial charge >= 0.3 is 0 Å². The summed E-state index contributed by atoms with van der Waals surface area (Å²) in [7, 11) is 2.18. The third-order valence-corrected chi connectivity index (χ3v) is 3.44. The maximum absolute atomic E-state index is 5.67. The minimum Gasteiger partial charge on any atom is -0.493 e. The van der Waals surface area contributed by atoms with Crippen molar-refractivity contribution in [2.24, 2.45) is 0 Å². The van der Waals surface area contributed by atoms with E-state index in [1.165, 1.54) is 25.1 Å². The number of rotatable bonds is 0. The highest BCUT2D eigenvalue weighted by molar-refractivity contribution is 5.43. The van der Waals surface area contributed by atoms with E-state index in [0.29, 0.717) is 5.41 Å². The van der Waals surface area contributed by atoms with Crippen molar-refractivity contribution in [1.82, 2.24) is 4.90 Å². The van der Waals surface area contributed by atoms with Crippen LogP contribution in [0.5, 0.6) is 5.75 Å². The molecule has 1 spiro atoms. The number of hydrogen-bond acceptors (Lipinski definition) is 2. The first-order valence-electron chi connectivity index (χ1n) is 5.21. The van der Waals surface area contributed by atoms with Crippen LogP contribution in [0.1, 0.15) is 12.0 Å². The van der Waals surface area contributed by atoms with Gasteiger partial charge in [0.05, 0.1) is 6.61 Å². The lowest BCUT2D eigenvalue weighted by atomic mass is 9.70. The van der Waals surface area contributed by atoms with E-state index in [4.69, 9.17) is 4.74 Å². The van der Waals surface area contributed by atoms with Crippen LogP contribution >= 0.6 is 0 Å². The van der Waals surface area contributed by atoms with Crippen molar-refractivity contribution in [3.05, 3.63) is 29.8 Å². The monoisotopic (exact) mass is 189 g/mol. The van der Waals surface area contributed by atoms with E-state index in [-0.39, 0.29) is 0 Å². The van der Waals surface area contributed by atoms with E-state index in [2.05, 4.69) is 36.2 Å². The fourth-order valence-electron chi connectivity index (χ4n) is 2.84. The number of likely N-dealkylation sites (tertiary alicyclic amines) is 1. The molecule has 2 aliphatic rings. The number of benzene rings is 1. The summed E-state index contributed by atoms with van der Waals surface area (Å²) in [6, 6.07) is 8.49. The largest absolute Gasteiger partial charge is 0.493 e. The molecule has 1 saturated heterocycles. The Morgan fingerprint density at radius 1 is 1.29 bits per heavy atom. The van der Waals surface area contributed by atoms with Crippen LogP contribution in [0.3, 0.4) is 0 Å². The van der Waals surface area contributed by atoms with Crippen molar-refractivity contribution in [2.75, 3.05) is 26.7 Å². The van der Waals surface area contributed by atoms with E-state index < -0.39 is 0 Å². The third-order valence-electron chi connectivity index (χ3n) is 3.44. The van der Waals surface area contributed by atoms with Crippen molar-refractivity contribution in [2.45, 2.75) is 11.8 Å². The van der Waals surface area contributed by atoms with Crippen LogP contribution in [0.2, 0.25) is 0 Å². The number of ether oxygens (including phenoxy) is 1. The van der Waals surface area contributed by atoms with Crippen molar-refractivity contribution in [1.29, 1.82) is 0 Å². The quantitative estimate of drug-likeness (QED) is 0.615. The van der Waals surface area contributed by atoms with Gasteiger partial charge in [0.1, 0.15) is 5.75 Å². The van der Waals surface area contributed by atoms with Gasteiger partial charge in [-0.25, -0.2) is 0 Å². The van der Waals surface area contributed by atoms with Crippen LogP contribution in [0.15, 0.2) is 24.3 Å². The van der Waals surface area contributed by atoms with Crippen LogP contribution < -0.4 is 4.74 Å². The fourth-order valence-corrected chi connectivity index (χ4v) is 2.84. The molecule has 0 saturated carbocycles. The number of likely N-dealkylation sites (N-methyl/N-ethyl adjacent to an activating group) is 1. The number of para-hydroxylation sites is 1. The van der Waals surface area contributed by atoms with E-state index >= 15 is 0 Å². The maximum Gasteiger partial charge on any atom is 0.123 e. The summed E-state index contributed by atoms with van der Waals surface area (Å²) in [6.45, 7) is 3.26. The van der Waals surface area contributed by atoms with Crippen molar-refractivity contribution >= 4 is 0 Å². The molecule has 0 aliphatic carbocycles. The molecule has 2 heterocycles. The molecule has 2 heteroatoms. The first kappa shape index (κ1) is 8.30. The second-order valence-corrected chi connectivity index (χ2v) is 4.55. The molecule has 14 heavy (non-hydrogen) atoms. The lowest BCUT2D eigenvalue weighted by Gasteiger charge is -2.51. The zero-order valence-corrected chi connectivity index (χ0v) is 8.49. The van der Waals surface area contributed by atoms with Crippen molar-refractivity contribution in [3.63, 3.8) is 0 Å². The molecule has 0 amide bonds. The van der Waals surface area contributed by atoms with Gasteiger partial charge in [0.15, 0.2) is 0 Å². The van der Waals surface area contributed by atoms with E-state index in [9.17, 15) is 0 Å². The SMILES string of the molecule is CN1CC2(CCOc3ccccc32)C1. The number of nitrogens with zero attached hydrogens (tertiary/aromatic N) is 1. The van der Waals surface area contributed by atoms with Gasteiger partial charge in [0.2, 0.25) is 0 Å². The third kappa shape index (κ3) is 1.01. The van der Waals surface area contributed by atoms with Gasteiger partial charge in [-0.05, 0) is 19.5 Å². The maximum atomic E-state index is 5.67. The first-order valence-corrected chi connectivity index (χ1v) is 5.21.